The monoisotopic (exact) mass is 686 g/mol. The molecular formula is C24H14F2I2N2O4. The number of nitrogens with one attached hydrogen (secondary N) is 1. The van der Waals surface area contributed by atoms with Gasteiger partial charge in [0.05, 0.1) is 12.8 Å². The summed E-state index contributed by atoms with van der Waals surface area (Å²) in [5, 5.41) is 2.11. The first-order valence-corrected chi connectivity index (χ1v) is 11.9. The summed E-state index contributed by atoms with van der Waals surface area (Å²) in [5.74, 6) is -2.12. The van der Waals surface area contributed by atoms with Crippen molar-refractivity contribution in [2.24, 2.45) is 0 Å². The van der Waals surface area contributed by atoms with E-state index in [2.05, 4.69) is 50.5 Å². The zero-order valence-electron chi connectivity index (χ0n) is 17.2. The average Bonchev–Trinajstić information content (AvgIpc) is 2.76. The van der Waals surface area contributed by atoms with Crippen LogP contribution >= 0.6 is 45.2 Å². The second-order valence-electron chi connectivity index (χ2n) is 7.17. The minimum absolute atomic E-state index is 0.00570. The van der Waals surface area contributed by atoms with E-state index in [1.807, 2.05) is 0 Å². The molecule has 4 amide bonds. The van der Waals surface area contributed by atoms with Gasteiger partial charge in [-0.1, -0.05) is 18.2 Å². The minimum atomic E-state index is -0.956. The third-order valence-corrected chi connectivity index (χ3v) is 6.37. The van der Waals surface area contributed by atoms with Crippen LogP contribution in [-0.4, -0.2) is 17.8 Å². The van der Waals surface area contributed by atoms with Gasteiger partial charge in [-0.2, -0.15) is 0 Å². The Bertz CT molecular complexity index is 1340. The average molecular weight is 686 g/mol. The van der Waals surface area contributed by atoms with E-state index in [9.17, 15) is 23.2 Å². The van der Waals surface area contributed by atoms with Crippen molar-refractivity contribution in [3.05, 3.63) is 96.1 Å². The van der Waals surface area contributed by atoms with E-state index in [1.165, 1.54) is 36.4 Å². The van der Waals surface area contributed by atoms with Crippen LogP contribution in [0.2, 0.25) is 0 Å². The SMILES string of the molecule is O=C1NC(=O)N(c2cccc(F)c2)C(=O)/C1=C/c1cc(I)c(OCc2cccc(F)c2)c(I)c1. The van der Waals surface area contributed by atoms with E-state index in [1.54, 1.807) is 24.3 Å². The summed E-state index contributed by atoms with van der Waals surface area (Å²) >= 11 is 4.12. The first kappa shape index (κ1) is 24.3. The van der Waals surface area contributed by atoms with Crippen molar-refractivity contribution in [1.29, 1.82) is 0 Å². The van der Waals surface area contributed by atoms with Crippen molar-refractivity contribution in [2.45, 2.75) is 6.61 Å². The van der Waals surface area contributed by atoms with Gasteiger partial charge in [-0.25, -0.2) is 18.5 Å². The number of amides is 4. The van der Waals surface area contributed by atoms with E-state index in [0.717, 1.165) is 6.07 Å². The van der Waals surface area contributed by atoms with Crippen LogP contribution in [-0.2, 0) is 16.2 Å². The number of nitrogens with zero attached hydrogens (tertiary/aromatic N) is 1. The Labute approximate surface area is 220 Å². The molecule has 0 unspecified atom stereocenters. The summed E-state index contributed by atoms with van der Waals surface area (Å²) in [7, 11) is 0. The molecule has 172 valence electrons. The van der Waals surface area contributed by atoms with Gasteiger partial charge in [-0.05, 0) is 105 Å². The number of imide groups is 2. The van der Waals surface area contributed by atoms with Crippen LogP contribution in [0, 0.1) is 18.8 Å². The van der Waals surface area contributed by atoms with Gasteiger partial charge in [-0.15, -0.1) is 0 Å². The first-order valence-electron chi connectivity index (χ1n) is 9.76. The van der Waals surface area contributed by atoms with Crippen molar-refractivity contribution in [1.82, 2.24) is 5.32 Å². The van der Waals surface area contributed by atoms with Crippen molar-refractivity contribution >= 4 is 74.8 Å². The summed E-state index contributed by atoms with van der Waals surface area (Å²) in [5.41, 5.74) is 0.929. The molecule has 1 heterocycles. The number of hydrogen-bond acceptors (Lipinski definition) is 4. The summed E-state index contributed by atoms with van der Waals surface area (Å²) < 4.78 is 34.3. The lowest BCUT2D eigenvalue weighted by Crippen LogP contribution is -2.54. The van der Waals surface area contributed by atoms with E-state index < -0.39 is 23.7 Å². The van der Waals surface area contributed by atoms with Gasteiger partial charge in [0.2, 0.25) is 0 Å². The topological polar surface area (TPSA) is 75.7 Å². The van der Waals surface area contributed by atoms with Gasteiger partial charge in [-0.3, -0.25) is 14.9 Å². The molecule has 0 saturated carbocycles. The highest BCUT2D eigenvalue weighted by Gasteiger charge is 2.37. The Hall–Kier alpha value is -2.87. The lowest BCUT2D eigenvalue weighted by Gasteiger charge is -2.26. The largest absolute Gasteiger partial charge is 0.487 e. The summed E-state index contributed by atoms with van der Waals surface area (Å²) in [6.07, 6.45) is 1.36. The number of halogens is 4. The predicted octanol–water partition coefficient (Wildman–Crippen LogP) is 5.42. The molecule has 0 radical (unpaired) electrons. The smallest absolute Gasteiger partial charge is 0.335 e. The predicted molar refractivity (Wildman–Crippen MR) is 138 cm³/mol. The molecule has 0 bridgehead atoms. The van der Waals surface area contributed by atoms with Crippen LogP contribution in [0.4, 0.5) is 19.3 Å². The highest BCUT2D eigenvalue weighted by atomic mass is 127. The van der Waals surface area contributed by atoms with E-state index >= 15 is 0 Å². The van der Waals surface area contributed by atoms with Gasteiger partial charge >= 0.3 is 6.03 Å². The van der Waals surface area contributed by atoms with Crippen LogP contribution in [0.25, 0.3) is 6.08 Å². The van der Waals surface area contributed by atoms with Crippen LogP contribution in [0.15, 0.2) is 66.2 Å². The number of carbonyl (C=O) groups excluding carboxylic acids is 3. The maximum atomic E-state index is 13.6. The number of urea groups is 1. The molecule has 0 spiro atoms. The number of hydrogen-bond donors (Lipinski definition) is 1. The number of carbonyl (C=O) groups is 3. The van der Waals surface area contributed by atoms with E-state index in [4.69, 9.17) is 4.74 Å². The van der Waals surface area contributed by atoms with Crippen molar-refractivity contribution in [3.63, 3.8) is 0 Å². The standard InChI is InChI=1S/C24H14F2I2N2O4/c25-15-4-1-3-13(7-15)12-34-21-19(27)9-14(10-20(21)28)8-18-22(31)29-24(33)30(23(18)32)17-6-2-5-16(26)11-17/h1-11H,12H2,(H,29,31,33)/b18-8+. The lowest BCUT2D eigenvalue weighted by atomic mass is 10.1. The molecule has 1 N–H and O–H groups in total. The zero-order valence-corrected chi connectivity index (χ0v) is 21.5. The molecule has 6 nitrogen and oxygen atoms in total. The zero-order chi connectivity index (χ0) is 24.4. The van der Waals surface area contributed by atoms with E-state index in [0.29, 0.717) is 28.9 Å². The third kappa shape index (κ3) is 5.27. The van der Waals surface area contributed by atoms with Gasteiger partial charge in [0, 0.05) is 0 Å². The fraction of sp³-hybridized carbons (Fsp3) is 0.0417. The molecule has 1 saturated heterocycles. The molecule has 3 aromatic rings. The van der Waals surface area contributed by atoms with Gasteiger partial charge < -0.3 is 4.74 Å². The molecule has 0 atom stereocenters. The van der Waals surface area contributed by atoms with Gasteiger partial charge in [0.1, 0.15) is 29.6 Å². The fourth-order valence-corrected chi connectivity index (χ4v) is 5.38. The molecule has 1 aliphatic rings. The number of benzene rings is 3. The molecular weight excluding hydrogens is 672 g/mol. The quantitative estimate of drug-likeness (QED) is 0.221. The molecule has 0 aromatic heterocycles. The van der Waals surface area contributed by atoms with Gasteiger partial charge in [0.15, 0.2) is 0 Å². The molecule has 1 aliphatic heterocycles. The second kappa shape index (κ2) is 10.2. The molecule has 0 aliphatic carbocycles. The van der Waals surface area contributed by atoms with Crippen LogP contribution < -0.4 is 15.0 Å². The van der Waals surface area contributed by atoms with Gasteiger partial charge in [0.25, 0.3) is 11.8 Å². The molecule has 3 aromatic carbocycles. The second-order valence-corrected chi connectivity index (χ2v) is 9.49. The Morgan fingerprint density at radius 3 is 2.21 bits per heavy atom. The Morgan fingerprint density at radius 2 is 1.56 bits per heavy atom. The Balaban J connectivity index is 1.61. The summed E-state index contributed by atoms with van der Waals surface area (Å²) in [6, 6.07) is 13.5. The van der Waals surface area contributed by atoms with Crippen LogP contribution in [0.1, 0.15) is 11.1 Å². The molecule has 34 heavy (non-hydrogen) atoms. The molecule has 1 fully saturated rings. The normalized spacial score (nSPS) is 15.0. The lowest BCUT2D eigenvalue weighted by molar-refractivity contribution is -0.122. The van der Waals surface area contributed by atoms with E-state index in [-0.39, 0.29) is 23.7 Å². The first-order chi connectivity index (χ1) is 16.2. The highest BCUT2D eigenvalue weighted by molar-refractivity contribution is 14.1. The van der Waals surface area contributed by atoms with Crippen molar-refractivity contribution in [2.75, 3.05) is 4.90 Å². The Morgan fingerprint density at radius 1 is 0.912 bits per heavy atom. The number of rotatable bonds is 5. The molecule has 10 heteroatoms. The molecule has 4 rings (SSSR count). The number of ether oxygens (including phenoxy) is 1. The van der Waals surface area contributed by atoms with Crippen LogP contribution in [0.3, 0.4) is 0 Å². The Kier molecular flexibility index (Phi) is 7.26. The third-order valence-electron chi connectivity index (χ3n) is 4.77. The number of anilines is 1. The van der Waals surface area contributed by atoms with Crippen LogP contribution in [0.5, 0.6) is 5.75 Å². The number of barbiturate groups is 1. The maximum absolute atomic E-state index is 13.6. The van der Waals surface area contributed by atoms with Crippen molar-refractivity contribution < 1.29 is 27.9 Å². The minimum Gasteiger partial charge on any atom is -0.487 e. The van der Waals surface area contributed by atoms with Crippen molar-refractivity contribution in [3.8, 4) is 5.75 Å². The summed E-state index contributed by atoms with van der Waals surface area (Å²) in [4.78, 5) is 38.4. The highest BCUT2D eigenvalue weighted by Crippen LogP contribution is 2.31. The maximum Gasteiger partial charge on any atom is 0.335 e. The summed E-state index contributed by atoms with van der Waals surface area (Å²) in [6.45, 7) is 0.162. The fourth-order valence-electron chi connectivity index (χ4n) is 3.26.